The maximum atomic E-state index is 5.89. The van der Waals surface area contributed by atoms with Crippen LogP contribution in [0.25, 0.3) is 0 Å². The molecule has 19 heavy (non-hydrogen) atoms. The number of nitrogens with zero attached hydrogens (tertiary/aromatic N) is 3. The summed E-state index contributed by atoms with van der Waals surface area (Å²) in [5.74, 6) is 2.37. The van der Waals surface area contributed by atoms with Crippen LogP contribution in [0.4, 0.5) is 11.6 Å². The number of thiophene rings is 1. The van der Waals surface area contributed by atoms with E-state index in [0.717, 1.165) is 24.6 Å². The highest BCUT2D eigenvalue weighted by Crippen LogP contribution is 2.33. The predicted molar refractivity (Wildman–Crippen MR) is 79.3 cm³/mol. The lowest BCUT2D eigenvalue weighted by Crippen LogP contribution is -2.26. The molecule has 0 unspecified atom stereocenters. The van der Waals surface area contributed by atoms with Crippen LogP contribution in [0.1, 0.15) is 30.5 Å². The van der Waals surface area contributed by atoms with Gasteiger partial charge < -0.3 is 10.6 Å². The molecule has 0 saturated heterocycles. The molecule has 0 aliphatic heterocycles. The Labute approximate surface area is 117 Å². The lowest BCUT2D eigenvalue weighted by Gasteiger charge is -2.23. The van der Waals surface area contributed by atoms with Crippen LogP contribution in [-0.2, 0) is 13.0 Å². The number of rotatable bonds is 5. The molecule has 1 saturated carbocycles. The lowest BCUT2D eigenvalue weighted by molar-refractivity contribution is 0.774. The van der Waals surface area contributed by atoms with E-state index in [9.17, 15) is 0 Å². The minimum Gasteiger partial charge on any atom is -0.384 e. The third-order valence-electron chi connectivity index (χ3n) is 3.28. The van der Waals surface area contributed by atoms with E-state index in [-0.39, 0.29) is 0 Å². The zero-order chi connectivity index (χ0) is 13.2. The fourth-order valence-electron chi connectivity index (χ4n) is 2.16. The second-order valence-corrected chi connectivity index (χ2v) is 5.89. The highest BCUT2D eigenvalue weighted by molar-refractivity contribution is 7.09. The van der Waals surface area contributed by atoms with Crippen molar-refractivity contribution in [2.75, 3.05) is 10.6 Å². The molecule has 0 radical (unpaired) electrons. The van der Waals surface area contributed by atoms with Crippen LogP contribution >= 0.6 is 11.3 Å². The molecule has 2 N–H and O–H groups in total. The van der Waals surface area contributed by atoms with Crippen LogP contribution in [-0.4, -0.2) is 16.0 Å². The first-order valence-electron chi connectivity index (χ1n) is 6.68. The van der Waals surface area contributed by atoms with Crippen molar-refractivity contribution in [1.29, 1.82) is 0 Å². The Bertz CT molecular complexity index is 549. The van der Waals surface area contributed by atoms with Crippen LogP contribution in [0.15, 0.2) is 23.6 Å². The summed E-state index contributed by atoms with van der Waals surface area (Å²) >= 11 is 1.79. The summed E-state index contributed by atoms with van der Waals surface area (Å²) in [6, 6.07) is 6.77. The lowest BCUT2D eigenvalue weighted by atomic mass is 10.3. The van der Waals surface area contributed by atoms with E-state index < -0.39 is 0 Å². The van der Waals surface area contributed by atoms with Gasteiger partial charge >= 0.3 is 0 Å². The molecule has 0 amide bonds. The second-order valence-electron chi connectivity index (χ2n) is 4.86. The van der Waals surface area contributed by atoms with Gasteiger partial charge in [0, 0.05) is 23.4 Å². The highest BCUT2D eigenvalue weighted by Gasteiger charge is 2.30. The monoisotopic (exact) mass is 274 g/mol. The van der Waals surface area contributed by atoms with Crippen molar-refractivity contribution in [2.45, 2.75) is 38.8 Å². The van der Waals surface area contributed by atoms with Gasteiger partial charge in [-0.25, -0.2) is 9.97 Å². The van der Waals surface area contributed by atoms with E-state index >= 15 is 0 Å². The number of nitrogens with two attached hydrogens (primary N) is 1. The molecular weight excluding hydrogens is 256 g/mol. The molecule has 0 atom stereocenters. The topological polar surface area (TPSA) is 55.0 Å². The molecule has 3 rings (SSSR count). The van der Waals surface area contributed by atoms with Crippen LogP contribution in [0.3, 0.4) is 0 Å². The number of nitrogen functional groups attached to an aromatic ring is 1. The summed E-state index contributed by atoms with van der Waals surface area (Å²) < 4.78 is 0. The number of anilines is 2. The van der Waals surface area contributed by atoms with E-state index in [1.165, 1.54) is 17.7 Å². The average Bonchev–Trinajstić information content (AvgIpc) is 3.12. The van der Waals surface area contributed by atoms with Crippen molar-refractivity contribution in [2.24, 2.45) is 0 Å². The normalized spacial score (nSPS) is 14.6. The van der Waals surface area contributed by atoms with E-state index in [4.69, 9.17) is 5.73 Å². The highest BCUT2D eigenvalue weighted by atomic mass is 32.1. The number of aromatic nitrogens is 2. The first-order chi connectivity index (χ1) is 9.26. The van der Waals surface area contributed by atoms with E-state index in [2.05, 4.69) is 39.3 Å². The standard InChI is InChI=1S/C14H18N4S/c1-2-13-16-12(15)8-14(17-13)18(10-5-6-10)9-11-4-3-7-19-11/h3-4,7-8,10H,2,5-6,9H2,1H3,(H2,15,16,17). The van der Waals surface area contributed by atoms with Crippen molar-refractivity contribution in [3.05, 3.63) is 34.3 Å². The van der Waals surface area contributed by atoms with Gasteiger partial charge in [0.05, 0.1) is 6.54 Å². The maximum Gasteiger partial charge on any atom is 0.134 e. The second kappa shape index (κ2) is 5.17. The van der Waals surface area contributed by atoms with Crippen LogP contribution in [0, 0.1) is 0 Å². The van der Waals surface area contributed by atoms with Crippen molar-refractivity contribution in [3.63, 3.8) is 0 Å². The Morgan fingerprint density at radius 3 is 2.89 bits per heavy atom. The van der Waals surface area contributed by atoms with Crippen LogP contribution in [0.2, 0.25) is 0 Å². The van der Waals surface area contributed by atoms with Crippen molar-refractivity contribution >= 4 is 23.0 Å². The molecule has 2 heterocycles. The minimum atomic E-state index is 0.568. The van der Waals surface area contributed by atoms with Crippen LogP contribution < -0.4 is 10.6 Å². The SMILES string of the molecule is CCc1nc(N)cc(N(Cc2cccs2)C2CC2)n1. The molecular formula is C14H18N4S. The third-order valence-corrected chi connectivity index (χ3v) is 4.14. The van der Waals surface area contributed by atoms with Crippen LogP contribution in [0.5, 0.6) is 0 Å². The molecule has 2 aromatic rings. The Kier molecular flexibility index (Phi) is 3.38. The number of hydrogen-bond acceptors (Lipinski definition) is 5. The molecule has 2 aromatic heterocycles. The Hall–Kier alpha value is -1.62. The molecule has 1 aliphatic rings. The van der Waals surface area contributed by atoms with E-state index in [1.54, 1.807) is 11.3 Å². The summed E-state index contributed by atoms with van der Waals surface area (Å²) in [5.41, 5.74) is 5.89. The van der Waals surface area contributed by atoms with Crippen molar-refractivity contribution < 1.29 is 0 Å². The molecule has 0 spiro atoms. The molecule has 0 aromatic carbocycles. The predicted octanol–water partition coefficient (Wildman–Crippen LogP) is 2.85. The van der Waals surface area contributed by atoms with Crippen molar-refractivity contribution in [3.8, 4) is 0 Å². The fraction of sp³-hybridized carbons (Fsp3) is 0.429. The molecule has 0 bridgehead atoms. The smallest absolute Gasteiger partial charge is 0.134 e. The van der Waals surface area contributed by atoms with Gasteiger partial charge in [-0.2, -0.15) is 0 Å². The zero-order valence-electron chi connectivity index (χ0n) is 11.0. The van der Waals surface area contributed by atoms with Gasteiger partial charge in [-0.05, 0) is 24.3 Å². The summed E-state index contributed by atoms with van der Waals surface area (Å²) in [6.07, 6.45) is 3.31. The summed E-state index contributed by atoms with van der Waals surface area (Å²) in [6.45, 7) is 2.97. The largest absolute Gasteiger partial charge is 0.384 e. The quantitative estimate of drug-likeness (QED) is 0.911. The zero-order valence-corrected chi connectivity index (χ0v) is 11.9. The summed E-state index contributed by atoms with van der Waals surface area (Å²) in [7, 11) is 0. The number of hydrogen-bond donors (Lipinski definition) is 1. The first kappa shape index (κ1) is 12.4. The third kappa shape index (κ3) is 2.87. The Morgan fingerprint density at radius 2 is 2.26 bits per heavy atom. The first-order valence-corrected chi connectivity index (χ1v) is 7.56. The van der Waals surface area contributed by atoms with Gasteiger partial charge in [-0.1, -0.05) is 13.0 Å². The minimum absolute atomic E-state index is 0.568. The number of aryl methyl sites for hydroxylation is 1. The Balaban J connectivity index is 1.89. The summed E-state index contributed by atoms with van der Waals surface area (Å²) in [4.78, 5) is 12.6. The average molecular weight is 274 g/mol. The van der Waals surface area contributed by atoms with Gasteiger partial charge in [-0.15, -0.1) is 11.3 Å². The van der Waals surface area contributed by atoms with Gasteiger partial charge in [0.15, 0.2) is 0 Å². The van der Waals surface area contributed by atoms with Gasteiger partial charge in [0.2, 0.25) is 0 Å². The van der Waals surface area contributed by atoms with Crippen molar-refractivity contribution in [1.82, 2.24) is 9.97 Å². The Morgan fingerprint density at radius 1 is 1.42 bits per heavy atom. The van der Waals surface area contributed by atoms with E-state index in [0.29, 0.717) is 11.9 Å². The molecule has 4 nitrogen and oxygen atoms in total. The van der Waals surface area contributed by atoms with E-state index in [1.807, 2.05) is 6.07 Å². The van der Waals surface area contributed by atoms with Gasteiger partial charge in [-0.3, -0.25) is 0 Å². The van der Waals surface area contributed by atoms with Gasteiger partial charge in [0.25, 0.3) is 0 Å². The fourth-order valence-corrected chi connectivity index (χ4v) is 2.86. The molecule has 100 valence electrons. The molecule has 1 aliphatic carbocycles. The molecule has 5 heteroatoms. The van der Waals surface area contributed by atoms with Gasteiger partial charge in [0.1, 0.15) is 17.5 Å². The molecule has 1 fully saturated rings. The maximum absolute atomic E-state index is 5.89. The summed E-state index contributed by atoms with van der Waals surface area (Å²) in [5, 5.41) is 2.12.